The van der Waals surface area contributed by atoms with E-state index in [1.54, 1.807) is 14.0 Å². The lowest BCUT2D eigenvalue weighted by Crippen LogP contribution is -2.54. The molecule has 1 amide bonds. The number of nitrogens with zero attached hydrogens (tertiary/aromatic N) is 1. The Kier molecular flexibility index (Phi) is 6.25. The minimum atomic E-state index is -2.97. The van der Waals surface area contributed by atoms with Crippen LogP contribution in [0.2, 0.25) is 0 Å². The largest absolute Gasteiger partial charge is 0.368 e. The van der Waals surface area contributed by atoms with Crippen LogP contribution in [0, 0.1) is 0 Å². The Morgan fingerprint density at radius 1 is 1.50 bits per heavy atom. The summed E-state index contributed by atoms with van der Waals surface area (Å²) in [5, 5.41) is 2.92. The zero-order valence-electron chi connectivity index (χ0n) is 11.9. The SMILES string of the molecule is CNC(C)(CC(C)N(C)CCS(C)(=O)=O)C(N)=O. The maximum Gasteiger partial charge on any atom is 0.237 e. The van der Waals surface area contributed by atoms with Gasteiger partial charge >= 0.3 is 0 Å². The van der Waals surface area contributed by atoms with Crippen LogP contribution in [0.25, 0.3) is 0 Å². The van der Waals surface area contributed by atoms with Crippen molar-refractivity contribution in [3.63, 3.8) is 0 Å². The summed E-state index contributed by atoms with van der Waals surface area (Å²) in [7, 11) is 0.561. The summed E-state index contributed by atoms with van der Waals surface area (Å²) in [5.74, 6) is -0.297. The van der Waals surface area contributed by atoms with Crippen molar-refractivity contribution in [2.75, 3.05) is 32.6 Å². The average Bonchev–Trinajstić information content (AvgIpc) is 2.24. The third-order valence-corrected chi connectivity index (χ3v) is 4.29. The van der Waals surface area contributed by atoms with E-state index >= 15 is 0 Å². The van der Waals surface area contributed by atoms with Gasteiger partial charge in [0.2, 0.25) is 5.91 Å². The molecule has 18 heavy (non-hydrogen) atoms. The Balaban J connectivity index is 4.48. The standard InChI is InChI=1S/C11H25N3O3S/c1-9(8-11(2,13-3)10(12)15)14(4)6-7-18(5,16)17/h9,13H,6-8H2,1-5H3,(H2,12,15). The number of hydrogen-bond donors (Lipinski definition) is 2. The van der Waals surface area contributed by atoms with Crippen molar-refractivity contribution in [3.8, 4) is 0 Å². The Hall–Kier alpha value is -0.660. The van der Waals surface area contributed by atoms with Gasteiger partial charge in [-0.15, -0.1) is 0 Å². The second kappa shape index (κ2) is 6.49. The molecule has 0 radical (unpaired) electrons. The molecule has 7 heteroatoms. The van der Waals surface area contributed by atoms with E-state index in [-0.39, 0.29) is 11.8 Å². The van der Waals surface area contributed by atoms with Crippen LogP contribution in [0.5, 0.6) is 0 Å². The van der Waals surface area contributed by atoms with Gasteiger partial charge in [0.05, 0.1) is 11.3 Å². The fourth-order valence-corrected chi connectivity index (χ4v) is 2.22. The van der Waals surface area contributed by atoms with E-state index in [0.29, 0.717) is 13.0 Å². The maximum atomic E-state index is 11.4. The molecule has 2 atom stereocenters. The van der Waals surface area contributed by atoms with Gasteiger partial charge in [-0.2, -0.15) is 0 Å². The van der Waals surface area contributed by atoms with Crippen LogP contribution < -0.4 is 11.1 Å². The molecule has 0 saturated carbocycles. The fraction of sp³-hybridized carbons (Fsp3) is 0.909. The molecule has 0 aromatic heterocycles. The summed E-state index contributed by atoms with van der Waals surface area (Å²) in [6.07, 6.45) is 1.74. The van der Waals surface area contributed by atoms with Crippen molar-refractivity contribution >= 4 is 15.7 Å². The van der Waals surface area contributed by atoms with Gasteiger partial charge in [0.25, 0.3) is 0 Å². The molecule has 0 aliphatic heterocycles. The van der Waals surface area contributed by atoms with Crippen LogP contribution in [0.1, 0.15) is 20.3 Å². The molecule has 0 heterocycles. The van der Waals surface area contributed by atoms with Gasteiger partial charge < -0.3 is 16.0 Å². The molecule has 0 rings (SSSR count). The van der Waals surface area contributed by atoms with Gasteiger partial charge in [-0.3, -0.25) is 4.79 Å². The third kappa shape index (κ3) is 5.79. The average molecular weight is 279 g/mol. The number of sulfone groups is 1. The van der Waals surface area contributed by atoms with E-state index in [2.05, 4.69) is 5.32 Å². The predicted octanol–water partition coefficient (Wildman–Crippen LogP) is -0.795. The first-order valence-electron chi connectivity index (χ1n) is 5.88. The highest BCUT2D eigenvalue weighted by Gasteiger charge is 2.32. The quantitative estimate of drug-likeness (QED) is 0.607. The Morgan fingerprint density at radius 3 is 2.33 bits per heavy atom. The molecular weight excluding hydrogens is 254 g/mol. The van der Waals surface area contributed by atoms with Gasteiger partial charge in [-0.1, -0.05) is 0 Å². The summed E-state index contributed by atoms with van der Waals surface area (Å²) in [6.45, 7) is 4.13. The van der Waals surface area contributed by atoms with Crippen molar-refractivity contribution in [2.45, 2.75) is 31.8 Å². The van der Waals surface area contributed by atoms with E-state index in [9.17, 15) is 13.2 Å². The molecule has 0 aliphatic carbocycles. The highest BCUT2D eigenvalue weighted by molar-refractivity contribution is 7.90. The fourth-order valence-electron chi connectivity index (χ4n) is 1.60. The Bertz CT molecular complexity index is 383. The first-order chi connectivity index (χ1) is 8.02. The second-order valence-corrected chi connectivity index (χ2v) is 7.37. The van der Waals surface area contributed by atoms with Crippen LogP contribution >= 0.6 is 0 Å². The van der Waals surface area contributed by atoms with E-state index in [4.69, 9.17) is 5.73 Å². The van der Waals surface area contributed by atoms with Crippen molar-refractivity contribution in [2.24, 2.45) is 5.73 Å². The molecule has 0 bridgehead atoms. The summed E-state index contributed by atoms with van der Waals surface area (Å²) in [5.41, 5.74) is 4.58. The molecule has 0 spiro atoms. The lowest BCUT2D eigenvalue weighted by Gasteiger charge is -2.33. The molecule has 0 aromatic carbocycles. The zero-order chi connectivity index (χ0) is 14.6. The number of likely N-dealkylation sites (N-methyl/N-ethyl adjacent to an activating group) is 1. The van der Waals surface area contributed by atoms with Crippen LogP contribution in [0.4, 0.5) is 0 Å². The molecule has 3 N–H and O–H groups in total. The topological polar surface area (TPSA) is 92.5 Å². The van der Waals surface area contributed by atoms with Crippen molar-refractivity contribution in [1.29, 1.82) is 0 Å². The first-order valence-corrected chi connectivity index (χ1v) is 7.94. The summed E-state index contributed by atoms with van der Waals surface area (Å²) in [6, 6.07) is 0.0525. The van der Waals surface area contributed by atoms with E-state index < -0.39 is 21.3 Å². The number of amides is 1. The van der Waals surface area contributed by atoms with E-state index in [0.717, 1.165) is 0 Å². The molecular formula is C11H25N3O3S. The summed E-state index contributed by atoms with van der Waals surface area (Å²) in [4.78, 5) is 13.3. The number of carbonyl (C=O) groups is 1. The molecule has 0 saturated heterocycles. The van der Waals surface area contributed by atoms with Gasteiger partial charge in [0, 0.05) is 18.8 Å². The number of nitrogens with two attached hydrogens (primary N) is 1. The molecule has 0 fully saturated rings. The number of carbonyl (C=O) groups excluding carboxylic acids is 1. The molecule has 0 aromatic rings. The van der Waals surface area contributed by atoms with Crippen LogP contribution in [0.3, 0.4) is 0 Å². The van der Waals surface area contributed by atoms with Gasteiger partial charge in [-0.25, -0.2) is 8.42 Å². The van der Waals surface area contributed by atoms with Crippen LogP contribution in [0.15, 0.2) is 0 Å². The highest BCUT2D eigenvalue weighted by atomic mass is 32.2. The number of hydrogen-bond acceptors (Lipinski definition) is 5. The predicted molar refractivity (Wildman–Crippen MR) is 73.1 cm³/mol. The normalized spacial score (nSPS) is 17.4. The second-order valence-electron chi connectivity index (χ2n) is 5.11. The number of nitrogens with one attached hydrogen (secondary N) is 1. The Morgan fingerprint density at radius 2 is 2.00 bits per heavy atom. The number of rotatable bonds is 8. The van der Waals surface area contributed by atoms with Gasteiger partial charge in [-0.05, 0) is 34.4 Å². The van der Waals surface area contributed by atoms with Crippen molar-refractivity contribution < 1.29 is 13.2 Å². The molecule has 108 valence electrons. The molecule has 0 aliphatic rings. The minimum absolute atomic E-state index is 0.0525. The van der Waals surface area contributed by atoms with E-state index in [1.807, 2.05) is 18.9 Å². The zero-order valence-corrected chi connectivity index (χ0v) is 12.7. The number of primary amides is 1. The monoisotopic (exact) mass is 279 g/mol. The highest BCUT2D eigenvalue weighted by Crippen LogP contribution is 2.14. The maximum absolute atomic E-state index is 11.4. The summed E-state index contributed by atoms with van der Waals surface area (Å²) < 4.78 is 22.2. The van der Waals surface area contributed by atoms with Crippen LogP contribution in [-0.2, 0) is 14.6 Å². The molecule has 6 nitrogen and oxygen atoms in total. The molecule has 2 unspecified atom stereocenters. The van der Waals surface area contributed by atoms with Crippen molar-refractivity contribution in [3.05, 3.63) is 0 Å². The van der Waals surface area contributed by atoms with E-state index in [1.165, 1.54) is 6.26 Å². The minimum Gasteiger partial charge on any atom is -0.368 e. The smallest absolute Gasteiger partial charge is 0.237 e. The lowest BCUT2D eigenvalue weighted by molar-refractivity contribution is -0.124. The van der Waals surface area contributed by atoms with Crippen LogP contribution in [-0.4, -0.2) is 63.5 Å². The third-order valence-electron chi connectivity index (χ3n) is 3.37. The summed E-state index contributed by atoms with van der Waals surface area (Å²) >= 11 is 0. The first kappa shape index (κ1) is 17.3. The lowest BCUT2D eigenvalue weighted by atomic mass is 9.92. The van der Waals surface area contributed by atoms with Gasteiger partial charge in [0.1, 0.15) is 9.84 Å². The van der Waals surface area contributed by atoms with Crippen molar-refractivity contribution in [1.82, 2.24) is 10.2 Å². The van der Waals surface area contributed by atoms with Gasteiger partial charge in [0.15, 0.2) is 0 Å². The Labute approximate surface area is 110 Å².